The number of amides is 2. The molecule has 4 saturated heterocycles. The largest absolute Gasteiger partial charge is 0.466 e. The second-order valence-corrected chi connectivity index (χ2v) is 10.6. The van der Waals surface area contributed by atoms with Crippen LogP contribution >= 0.6 is 11.8 Å². The van der Waals surface area contributed by atoms with Crippen LogP contribution in [0.2, 0.25) is 0 Å². The Bertz CT molecular complexity index is 718. The first-order chi connectivity index (χ1) is 15.5. The van der Waals surface area contributed by atoms with Crippen molar-refractivity contribution in [1.82, 2.24) is 15.1 Å². The minimum atomic E-state index is -0.585. The topological polar surface area (TPSA) is 108 Å². The molecule has 0 aromatic carbocycles. The highest BCUT2D eigenvalue weighted by Crippen LogP contribution is 2.66. The van der Waals surface area contributed by atoms with Gasteiger partial charge in [0.1, 0.15) is 6.04 Å². The van der Waals surface area contributed by atoms with Gasteiger partial charge in [0.15, 0.2) is 0 Å². The lowest BCUT2D eigenvalue weighted by molar-refractivity contribution is -0.153. The van der Waals surface area contributed by atoms with E-state index < -0.39 is 22.6 Å². The molecule has 2 bridgehead atoms. The van der Waals surface area contributed by atoms with E-state index in [1.54, 1.807) is 23.6 Å². The number of unbranched alkanes of at least 4 members (excludes halogenated alkanes) is 1. The first-order valence-corrected chi connectivity index (χ1v) is 12.7. The van der Waals surface area contributed by atoms with E-state index in [1.807, 2.05) is 0 Å². The van der Waals surface area contributed by atoms with Crippen LogP contribution in [0.5, 0.6) is 0 Å². The Labute approximate surface area is 193 Å². The summed E-state index contributed by atoms with van der Waals surface area (Å²) in [7, 11) is 0. The van der Waals surface area contributed by atoms with Crippen molar-refractivity contribution in [3.05, 3.63) is 0 Å². The Kier molecular flexibility index (Phi) is 7.64. The van der Waals surface area contributed by atoms with Crippen molar-refractivity contribution >= 4 is 29.5 Å². The molecule has 4 aliphatic rings. The normalized spacial score (nSPS) is 34.1. The molecular weight excluding hydrogens is 434 g/mol. The van der Waals surface area contributed by atoms with Gasteiger partial charge in [0.2, 0.25) is 11.8 Å². The van der Waals surface area contributed by atoms with Crippen molar-refractivity contribution in [2.24, 2.45) is 11.8 Å². The van der Waals surface area contributed by atoms with Gasteiger partial charge in [0.25, 0.3) is 0 Å². The predicted octanol–water partition coefficient (Wildman–Crippen LogP) is -0.138. The summed E-state index contributed by atoms with van der Waals surface area (Å²) in [6, 6.07) is -0.585. The van der Waals surface area contributed by atoms with Crippen LogP contribution in [-0.2, 0) is 23.9 Å². The summed E-state index contributed by atoms with van der Waals surface area (Å²) >= 11 is 1.66. The molecule has 180 valence electrons. The number of carbonyl (C=O) groups excluding carboxylic acids is 3. The maximum atomic E-state index is 13.6. The van der Waals surface area contributed by atoms with Gasteiger partial charge in [0, 0.05) is 44.6 Å². The van der Waals surface area contributed by atoms with Gasteiger partial charge < -0.3 is 24.8 Å². The Morgan fingerprint density at radius 2 is 2.06 bits per heavy atom. The van der Waals surface area contributed by atoms with Crippen LogP contribution in [0.25, 0.3) is 0 Å². The molecule has 0 aromatic heterocycles. The second-order valence-electron chi connectivity index (χ2n) is 9.02. The first-order valence-electron chi connectivity index (χ1n) is 11.9. The highest BCUT2D eigenvalue weighted by Gasteiger charge is 2.73. The molecule has 2 N–H and O–H groups in total. The molecule has 10 heteroatoms. The zero-order valence-corrected chi connectivity index (χ0v) is 19.6. The fourth-order valence-corrected chi connectivity index (χ4v) is 8.06. The quantitative estimate of drug-likeness (QED) is 0.336. The summed E-state index contributed by atoms with van der Waals surface area (Å²) in [6.07, 6.45) is 2.78. The molecule has 0 aromatic rings. The number of carbonyl (C=O) groups is 3. The lowest BCUT2D eigenvalue weighted by Gasteiger charge is -2.34. The van der Waals surface area contributed by atoms with E-state index in [0.717, 1.165) is 32.5 Å². The number of hydrogen-bond acceptors (Lipinski definition) is 8. The summed E-state index contributed by atoms with van der Waals surface area (Å²) in [5.41, 5.74) is 0. The molecule has 4 aliphatic heterocycles. The van der Waals surface area contributed by atoms with Crippen LogP contribution in [0.15, 0.2) is 0 Å². The van der Waals surface area contributed by atoms with E-state index in [-0.39, 0.29) is 36.2 Å². The van der Waals surface area contributed by atoms with Crippen molar-refractivity contribution in [2.75, 3.05) is 59.2 Å². The number of likely N-dealkylation sites (tertiary alicyclic amines) is 1. The van der Waals surface area contributed by atoms with E-state index in [4.69, 9.17) is 9.47 Å². The number of nitrogens with zero attached hydrogens (tertiary/aromatic N) is 2. The van der Waals surface area contributed by atoms with Gasteiger partial charge >= 0.3 is 5.97 Å². The smallest absolute Gasteiger partial charge is 0.310 e. The number of thioether (sulfide) groups is 1. The van der Waals surface area contributed by atoms with Crippen LogP contribution < -0.4 is 5.32 Å². The average Bonchev–Trinajstić information content (AvgIpc) is 3.42. The Balaban J connectivity index is 1.50. The zero-order chi connectivity index (χ0) is 22.7. The Morgan fingerprint density at radius 1 is 1.28 bits per heavy atom. The van der Waals surface area contributed by atoms with Crippen LogP contribution in [0.1, 0.15) is 32.6 Å². The maximum absolute atomic E-state index is 13.6. The molecular formula is C22H35N3O6S. The van der Waals surface area contributed by atoms with Crippen molar-refractivity contribution in [1.29, 1.82) is 0 Å². The monoisotopic (exact) mass is 469 g/mol. The lowest BCUT2D eigenvalue weighted by Crippen LogP contribution is -2.54. The van der Waals surface area contributed by atoms with E-state index in [1.165, 1.54) is 0 Å². The fraction of sp³-hybridized carbons (Fsp3) is 0.864. The fourth-order valence-electron chi connectivity index (χ4n) is 5.85. The van der Waals surface area contributed by atoms with Gasteiger partial charge in [-0.2, -0.15) is 0 Å². The predicted molar refractivity (Wildman–Crippen MR) is 119 cm³/mol. The zero-order valence-electron chi connectivity index (χ0n) is 18.8. The van der Waals surface area contributed by atoms with Gasteiger partial charge in [-0.1, -0.05) is 0 Å². The number of esters is 1. The Morgan fingerprint density at radius 3 is 2.78 bits per heavy atom. The standard InChI is InChI=1S/C22H35N3O6S/c1-2-31-21(29)16-15-5-6-22(32-15)17(16)20(28)25(8-3-4-12-26)18(22)19(27)23-7-9-24-10-13-30-14-11-24/h15-18,26H,2-14H2,1H3,(H,23,27)/t15-,16+,17+,18?,22?/m1/s1. The van der Waals surface area contributed by atoms with Crippen LogP contribution in [0, 0.1) is 11.8 Å². The minimum absolute atomic E-state index is 0.0336. The number of morpholine rings is 1. The van der Waals surface area contributed by atoms with Gasteiger partial charge in [-0.05, 0) is 32.6 Å². The number of fused-ring (bicyclic) bond motifs is 1. The summed E-state index contributed by atoms with van der Waals surface area (Å²) in [4.78, 5) is 43.7. The third kappa shape index (κ3) is 4.26. The van der Waals surface area contributed by atoms with Crippen molar-refractivity contribution in [3.63, 3.8) is 0 Å². The van der Waals surface area contributed by atoms with Crippen LogP contribution in [0.3, 0.4) is 0 Å². The van der Waals surface area contributed by atoms with E-state index in [9.17, 15) is 19.5 Å². The summed E-state index contributed by atoms with van der Waals surface area (Å²) < 4.78 is 10.1. The number of nitrogens with one attached hydrogen (secondary N) is 1. The highest BCUT2D eigenvalue weighted by molar-refractivity contribution is 8.02. The molecule has 1 spiro atoms. The van der Waals surface area contributed by atoms with Gasteiger partial charge in [-0.25, -0.2) is 0 Å². The summed E-state index contributed by atoms with van der Waals surface area (Å²) in [5.74, 6) is -1.53. The molecule has 2 unspecified atom stereocenters. The molecule has 4 heterocycles. The summed E-state index contributed by atoms with van der Waals surface area (Å²) in [6.45, 7) is 6.93. The third-order valence-electron chi connectivity index (χ3n) is 7.25. The number of aliphatic hydroxyl groups is 1. The maximum Gasteiger partial charge on any atom is 0.310 e. The van der Waals surface area contributed by atoms with Crippen molar-refractivity contribution < 1.29 is 29.0 Å². The van der Waals surface area contributed by atoms with Crippen molar-refractivity contribution in [3.8, 4) is 0 Å². The molecule has 9 nitrogen and oxygen atoms in total. The van der Waals surface area contributed by atoms with Crippen LogP contribution in [0.4, 0.5) is 0 Å². The van der Waals surface area contributed by atoms with Crippen molar-refractivity contribution in [2.45, 2.75) is 48.6 Å². The molecule has 0 aliphatic carbocycles. The Hall–Kier alpha value is -1.36. The van der Waals surface area contributed by atoms with Gasteiger partial charge in [-0.3, -0.25) is 19.3 Å². The third-order valence-corrected chi connectivity index (χ3v) is 9.20. The first kappa shape index (κ1) is 23.8. The highest BCUT2D eigenvalue weighted by atomic mass is 32.2. The molecule has 4 rings (SSSR count). The van der Waals surface area contributed by atoms with Gasteiger partial charge in [-0.15, -0.1) is 11.8 Å². The minimum Gasteiger partial charge on any atom is -0.466 e. The molecule has 5 atom stereocenters. The molecule has 4 fully saturated rings. The van der Waals surface area contributed by atoms with Gasteiger partial charge in [0.05, 0.1) is 36.4 Å². The SMILES string of the molecule is CCOC(=O)[C@@H]1[C@H]2C(=O)N(CCCCO)C(C(=O)NCCN3CCOCC3)C23CC[C@H]1S3. The molecule has 0 radical (unpaired) electrons. The molecule has 32 heavy (non-hydrogen) atoms. The number of aliphatic hydroxyl groups excluding tert-OH is 1. The molecule has 0 saturated carbocycles. The lowest BCUT2D eigenvalue weighted by atomic mass is 9.71. The number of rotatable bonds is 10. The second kappa shape index (κ2) is 10.3. The average molecular weight is 470 g/mol. The van der Waals surface area contributed by atoms with E-state index in [2.05, 4.69) is 10.2 Å². The molecule has 2 amide bonds. The van der Waals surface area contributed by atoms with E-state index in [0.29, 0.717) is 39.1 Å². The van der Waals surface area contributed by atoms with Crippen LogP contribution in [-0.4, -0.2) is 108 Å². The van der Waals surface area contributed by atoms with E-state index >= 15 is 0 Å². The number of hydrogen-bond donors (Lipinski definition) is 2. The number of ether oxygens (including phenoxy) is 2. The summed E-state index contributed by atoms with van der Waals surface area (Å²) in [5, 5.41) is 12.3.